The number of nitrogens with zero attached hydrogens (tertiary/aromatic N) is 2. The minimum Gasteiger partial charge on any atom is -0.310 e. The molecule has 0 bridgehead atoms. The molecular weight excluding hydrogens is 292 g/mol. The van der Waals surface area contributed by atoms with Crippen molar-refractivity contribution >= 4 is 11.8 Å². The summed E-state index contributed by atoms with van der Waals surface area (Å²) in [6.45, 7) is 6.69. The van der Waals surface area contributed by atoms with Gasteiger partial charge in [0.1, 0.15) is 16.7 Å². The van der Waals surface area contributed by atoms with E-state index in [4.69, 9.17) is 0 Å². The highest BCUT2D eigenvalue weighted by Gasteiger charge is 2.16. The van der Waals surface area contributed by atoms with Crippen molar-refractivity contribution in [3.8, 4) is 0 Å². The lowest BCUT2D eigenvalue weighted by Crippen LogP contribution is -2.22. The summed E-state index contributed by atoms with van der Waals surface area (Å²) in [5.74, 6) is -0.873. The predicted molar refractivity (Wildman–Crippen MR) is 80.4 cm³/mol. The maximum Gasteiger partial charge on any atom is 0.137 e. The smallest absolute Gasteiger partial charge is 0.137 e. The van der Waals surface area contributed by atoms with Gasteiger partial charge in [-0.25, -0.2) is 8.78 Å². The molecule has 0 aliphatic carbocycles. The average molecular weight is 311 g/mol. The number of halogens is 2. The molecule has 1 aromatic carbocycles. The van der Waals surface area contributed by atoms with E-state index < -0.39 is 11.6 Å². The minimum atomic E-state index is -0.445. The fraction of sp³-hybridized carbons (Fsp3) is 0.400. The van der Waals surface area contributed by atoms with Gasteiger partial charge in [0.05, 0.1) is 10.6 Å². The van der Waals surface area contributed by atoms with Gasteiger partial charge in [-0.1, -0.05) is 25.6 Å². The van der Waals surface area contributed by atoms with Crippen molar-refractivity contribution in [1.82, 2.24) is 15.1 Å². The third kappa shape index (κ3) is 3.83. The van der Waals surface area contributed by atoms with E-state index in [0.717, 1.165) is 28.4 Å². The zero-order chi connectivity index (χ0) is 15.6. The van der Waals surface area contributed by atoms with E-state index in [1.807, 2.05) is 14.0 Å². The van der Waals surface area contributed by atoms with Gasteiger partial charge in [-0.2, -0.15) is 5.10 Å². The molecule has 1 N–H and O–H groups in total. The molecule has 0 aliphatic rings. The van der Waals surface area contributed by atoms with Crippen molar-refractivity contribution in [2.75, 3.05) is 0 Å². The van der Waals surface area contributed by atoms with E-state index in [-0.39, 0.29) is 4.90 Å². The Balaban J connectivity index is 2.32. The molecule has 0 unspecified atom stereocenters. The van der Waals surface area contributed by atoms with Crippen molar-refractivity contribution in [2.45, 2.75) is 43.3 Å². The predicted octanol–water partition coefficient (Wildman–Crippen LogP) is 3.66. The van der Waals surface area contributed by atoms with Crippen LogP contribution in [0.1, 0.15) is 25.1 Å². The first kappa shape index (κ1) is 16.0. The largest absolute Gasteiger partial charge is 0.310 e. The summed E-state index contributed by atoms with van der Waals surface area (Å²) in [4.78, 5) is 0.267. The van der Waals surface area contributed by atoms with Crippen LogP contribution in [-0.2, 0) is 13.6 Å². The summed E-state index contributed by atoms with van der Waals surface area (Å²) >= 11 is 1.20. The maximum atomic E-state index is 13.8. The highest BCUT2D eigenvalue weighted by molar-refractivity contribution is 7.99. The molecule has 0 atom stereocenters. The Morgan fingerprint density at radius 3 is 2.71 bits per heavy atom. The van der Waals surface area contributed by atoms with Crippen LogP contribution < -0.4 is 5.32 Å². The topological polar surface area (TPSA) is 29.9 Å². The number of aromatic nitrogens is 2. The Bertz CT molecular complexity index is 638. The van der Waals surface area contributed by atoms with Gasteiger partial charge in [0.15, 0.2) is 0 Å². The van der Waals surface area contributed by atoms with Crippen molar-refractivity contribution < 1.29 is 8.78 Å². The monoisotopic (exact) mass is 311 g/mol. The third-order valence-electron chi connectivity index (χ3n) is 3.08. The molecule has 0 amide bonds. The quantitative estimate of drug-likeness (QED) is 0.914. The number of aryl methyl sites for hydroxylation is 2. The Morgan fingerprint density at radius 1 is 1.33 bits per heavy atom. The van der Waals surface area contributed by atoms with E-state index >= 15 is 0 Å². The van der Waals surface area contributed by atoms with Crippen LogP contribution in [0.2, 0.25) is 0 Å². The summed E-state index contributed by atoms with van der Waals surface area (Å²) in [7, 11) is 1.81. The van der Waals surface area contributed by atoms with Gasteiger partial charge in [0, 0.05) is 25.2 Å². The van der Waals surface area contributed by atoms with Gasteiger partial charge in [-0.15, -0.1) is 0 Å². The fourth-order valence-electron chi connectivity index (χ4n) is 1.98. The summed E-state index contributed by atoms with van der Waals surface area (Å²) in [5.41, 5.74) is 1.91. The number of rotatable bonds is 5. The van der Waals surface area contributed by atoms with Gasteiger partial charge in [0.25, 0.3) is 0 Å². The average Bonchev–Trinajstić information content (AvgIpc) is 2.66. The van der Waals surface area contributed by atoms with Crippen LogP contribution in [0.25, 0.3) is 0 Å². The maximum absolute atomic E-state index is 13.8. The molecule has 0 radical (unpaired) electrons. The zero-order valence-corrected chi connectivity index (χ0v) is 13.4. The van der Waals surface area contributed by atoms with Gasteiger partial charge in [-0.05, 0) is 25.1 Å². The first-order valence-electron chi connectivity index (χ1n) is 6.77. The molecule has 1 aromatic heterocycles. The Labute approximate surface area is 127 Å². The zero-order valence-electron chi connectivity index (χ0n) is 12.6. The second-order valence-electron chi connectivity index (χ2n) is 5.21. The van der Waals surface area contributed by atoms with Crippen molar-refractivity contribution in [1.29, 1.82) is 0 Å². The SMILES string of the molecule is Cc1nn(C)c(Sc2cc(F)ccc2F)c1CNC(C)C. The van der Waals surface area contributed by atoms with Crippen LogP contribution in [0.4, 0.5) is 8.78 Å². The molecule has 1 heterocycles. The van der Waals surface area contributed by atoms with E-state index in [0.29, 0.717) is 12.6 Å². The highest BCUT2D eigenvalue weighted by atomic mass is 32.2. The van der Waals surface area contributed by atoms with Gasteiger partial charge >= 0.3 is 0 Å². The van der Waals surface area contributed by atoms with E-state index in [1.54, 1.807) is 4.68 Å². The molecule has 0 spiro atoms. The van der Waals surface area contributed by atoms with Crippen LogP contribution in [0.3, 0.4) is 0 Å². The first-order valence-corrected chi connectivity index (χ1v) is 7.59. The normalized spacial score (nSPS) is 11.4. The van der Waals surface area contributed by atoms with Crippen molar-refractivity contribution in [3.05, 3.63) is 41.1 Å². The number of hydrogen-bond acceptors (Lipinski definition) is 3. The molecule has 2 rings (SSSR count). The molecule has 2 aromatic rings. The first-order chi connectivity index (χ1) is 9.88. The Morgan fingerprint density at radius 2 is 2.05 bits per heavy atom. The van der Waals surface area contributed by atoms with Gasteiger partial charge in [0.2, 0.25) is 0 Å². The summed E-state index contributed by atoms with van der Waals surface area (Å²) < 4.78 is 28.8. The fourth-order valence-corrected chi connectivity index (χ4v) is 3.04. The Kier molecular flexibility index (Phi) is 5.00. The standard InChI is InChI=1S/C15H19F2N3S/c1-9(2)18-8-12-10(3)19-20(4)15(12)21-14-7-11(16)5-6-13(14)17/h5-7,9,18H,8H2,1-4H3. The minimum absolute atomic E-state index is 0.267. The number of hydrogen-bond donors (Lipinski definition) is 1. The molecule has 0 saturated carbocycles. The third-order valence-corrected chi connectivity index (χ3v) is 4.31. The lowest BCUT2D eigenvalue weighted by atomic mass is 10.2. The summed E-state index contributed by atoms with van der Waals surface area (Å²) in [6.07, 6.45) is 0. The molecule has 114 valence electrons. The van der Waals surface area contributed by atoms with Crippen LogP contribution in [0.5, 0.6) is 0 Å². The van der Waals surface area contributed by atoms with Gasteiger partial charge in [-0.3, -0.25) is 4.68 Å². The van der Waals surface area contributed by atoms with E-state index in [2.05, 4.69) is 24.3 Å². The van der Waals surface area contributed by atoms with Crippen molar-refractivity contribution in [3.63, 3.8) is 0 Å². The molecule has 3 nitrogen and oxygen atoms in total. The molecule has 0 saturated heterocycles. The second kappa shape index (κ2) is 6.58. The summed E-state index contributed by atoms with van der Waals surface area (Å²) in [5, 5.41) is 8.53. The number of nitrogens with one attached hydrogen (secondary N) is 1. The lowest BCUT2D eigenvalue weighted by molar-refractivity contribution is 0.574. The molecule has 21 heavy (non-hydrogen) atoms. The Hall–Kier alpha value is -1.40. The van der Waals surface area contributed by atoms with Crippen LogP contribution >= 0.6 is 11.8 Å². The van der Waals surface area contributed by atoms with E-state index in [9.17, 15) is 8.78 Å². The van der Waals surface area contributed by atoms with Crippen LogP contribution in [0.15, 0.2) is 28.1 Å². The molecular formula is C15H19F2N3S. The molecule has 0 aliphatic heterocycles. The van der Waals surface area contributed by atoms with Gasteiger partial charge < -0.3 is 5.32 Å². The summed E-state index contributed by atoms with van der Waals surface area (Å²) in [6, 6.07) is 3.82. The molecule has 6 heteroatoms. The molecule has 0 fully saturated rings. The van der Waals surface area contributed by atoms with E-state index in [1.165, 1.54) is 17.8 Å². The van der Waals surface area contributed by atoms with Crippen LogP contribution in [0, 0.1) is 18.6 Å². The van der Waals surface area contributed by atoms with Crippen LogP contribution in [-0.4, -0.2) is 15.8 Å². The number of benzene rings is 1. The lowest BCUT2D eigenvalue weighted by Gasteiger charge is -2.10. The highest BCUT2D eigenvalue weighted by Crippen LogP contribution is 2.33. The van der Waals surface area contributed by atoms with Crippen molar-refractivity contribution in [2.24, 2.45) is 7.05 Å². The second-order valence-corrected chi connectivity index (χ2v) is 6.24.